The van der Waals surface area contributed by atoms with E-state index in [1.165, 1.54) is 12.1 Å². The molecule has 1 aromatic carbocycles. The molecule has 2 rings (SSSR count). The zero-order valence-corrected chi connectivity index (χ0v) is 12.5. The standard InChI is InChI=1S/C15H15ClF2N2/c1-8-12(10-6-5-9(17)7-11(10)18)19-14(15(2,3)4)20-13(8)16/h5-7H,1-4H3. The van der Waals surface area contributed by atoms with Crippen molar-refractivity contribution in [2.75, 3.05) is 0 Å². The minimum absolute atomic E-state index is 0.221. The monoisotopic (exact) mass is 296 g/mol. The molecule has 1 heterocycles. The maximum atomic E-state index is 13.9. The van der Waals surface area contributed by atoms with Crippen LogP contribution in [-0.2, 0) is 5.41 Å². The van der Waals surface area contributed by atoms with E-state index in [4.69, 9.17) is 11.6 Å². The predicted molar refractivity (Wildman–Crippen MR) is 75.8 cm³/mol. The van der Waals surface area contributed by atoms with E-state index in [1.807, 2.05) is 20.8 Å². The Morgan fingerprint density at radius 3 is 2.30 bits per heavy atom. The molecule has 0 atom stereocenters. The van der Waals surface area contributed by atoms with Crippen LogP contribution in [0.15, 0.2) is 18.2 Å². The quantitative estimate of drug-likeness (QED) is 0.714. The highest BCUT2D eigenvalue weighted by atomic mass is 35.5. The lowest BCUT2D eigenvalue weighted by Gasteiger charge is -2.19. The van der Waals surface area contributed by atoms with Gasteiger partial charge in [0.25, 0.3) is 0 Å². The number of aromatic nitrogens is 2. The maximum Gasteiger partial charge on any atom is 0.136 e. The molecule has 0 saturated carbocycles. The molecule has 2 aromatic rings. The van der Waals surface area contributed by atoms with Crippen LogP contribution < -0.4 is 0 Å². The van der Waals surface area contributed by atoms with Crippen molar-refractivity contribution in [2.45, 2.75) is 33.1 Å². The highest BCUT2D eigenvalue weighted by Gasteiger charge is 2.22. The van der Waals surface area contributed by atoms with Gasteiger partial charge in [0.05, 0.1) is 5.69 Å². The Hall–Kier alpha value is -1.55. The van der Waals surface area contributed by atoms with Crippen LogP contribution >= 0.6 is 11.6 Å². The summed E-state index contributed by atoms with van der Waals surface area (Å²) in [5, 5.41) is 0.281. The molecule has 2 nitrogen and oxygen atoms in total. The summed E-state index contributed by atoms with van der Waals surface area (Å²) in [7, 11) is 0. The van der Waals surface area contributed by atoms with Crippen molar-refractivity contribution >= 4 is 11.6 Å². The smallest absolute Gasteiger partial charge is 0.136 e. The first-order valence-corrected chi connectivity index (χ1v) is 6.58. The summed E-state index contributed by atoms with van der Waals surface area (Å²) in [6.07, 6.45) is 0. The lowest BCUT2D eigenvalue weighted by atomic mass is 9.95. The van der Waals surface area contributed by atoms with Crippen LogP contribution in [0.1, 0.15) is 32.2 Å². The van der Waals surface area contributed by atoms with Gasteiger partial charge >= 0.3 is 0 Å². The van der Waals surface area contributed by atoms with Crippen LogP contribution in [0.2, 0.25) is 5.15 Å². The minimum atomic E-state index is -0.664. The zero-order valence-electron chi connectivity index (χ0n) is 11.8. The maximum absolute atomic E-state index is 13.9. The number of hydrogen-bond acceptors (Lipinski definition) is 2. The van der Waals surface area contributed by atoms with Gasteiger partial charge in [0.1, 0.15) is 22.6 Å². The molecule has 106 valence electrons. The van der Waals surface area contributed by atoms with Gasteiger partial charge in [-0.25, -0.2) is 18.7 Å². The van der Waals surface area contributed by atoms with Crippen molar-refractivity contribution < 1.29 is 8.78 Å². The van der Waals surface area contributed by atoms with E-state index < -0.39 is 11.6 Å². The summed E-state index contributed by atoms with van der Waals surface area (Å²) in [5.41, 5.74) is 0.874. The summed E-state index contributed by atoms with van der Waals surface area (Å²) >= 11 is 6.11. The predicted octanol–water partition coefficient (Wildman–Crippen LogP) is 4.68. The molecule has 0 N–H and O–H groups in total. The van der Waals surface area contributed by atoms with Crippen LogP contribution in [0, 0.1) is 18.6 Å². The fraction of sp³-hybridized carbons (Fsp3) is 0.333. The van der Waals surface area contributed by atoms with Crippen LogP contribution in [0.4, 0.5) is 8.78 Å². The molecule has 0 aliphatic heterocycles. The van der Waals surface area contributed by atoms with E-state index in [-0.39, 0.29) is 16.1 Å². The SMILES string of the molecule is Cc1c(Cl)nc(C(C)(C)C)nc1-c1ccc(F)cc1F. The minimum Gasteiger partial charge on any atom is -0.232 e. The third kappa shape index (κ3) is 2.80. The highest BCUT2D eigenvalue weighted by molar-refractivity contribution is 6.30. The van der Waals surface area contributed by atoms with E-state index in [0.717, 1.165) is 6.07 Å². The summed E-state index contributed by atoms with van der Waals surface area (Å²) in [5.74, 6) is -0.769. The molecule has 0 saturated heterocycles. The molecule has 0 unspecified atom stereocenters. The second kappa shape index (κ2) is 5.09. The Labute approximate surface area is 121 Å². The van der Waals surface area contributed by atoms with Gasteiger partial charge in [0, 0.05) is 22.6 Å². The molecule has 20 heavy (non-hydrogen) atoms. The number of hydrogen-bond donors (Lipinski definition) is 0. The normalized spacial score (nSPS) is 11.8. The van der Waals surface area contributed by atoms with Crippen molar-refractivity contribution in [3.63, 3.8) is 0 Å². The fourth-order valence-corrected chi connectivity index (χ4v) is 1.94. The van der Waals surface area contributed by atoms with E-state index in [2.05, 4.69) is 9.97 Å². The first-order chi connectivity index (χ1) is 9.20. The number of nitrogens with zero attached hydrogens (tertiary/aromatic N) is 2. The molecular formula is C15H15ClF2N2. The van der Waals surface area contributed by atoms with Crippen LogP contribution in [0.25, 0.3) is 11.3 Å². The third-order valence-corrected chi connectivity index (χ3v) is 3.31. The third-order valence-electron chi connectivity index (χ3n) is 2.94. The lowest BCUT2D eigenvalue weighted by Crippen LogP contribution is -2.17. The molecule has 5 heteroatoms. The van der Waals surface area contributed by atoms with Gasteiger partial charge in [-0.15, -0.1) is 0 Å². The zero-order chi connectivity index (χ0) is 15.1. The molecule has 0 radical (unpaired) electrons. The van der Waals surface area contributed by atoms with Crippen LogP contribution in [0.5, 0.6) is 0 Å². The van der Waals surface area contributed by atoms with Gasteiger partial charge in [-0.3, -0.25) is 0 Å². The van der Waals surface area contributed by atoms with Gasteiger partial charge in [-0.05, 0) is 19.1 Å². The summed E-state index contributed by atoms with van der Waals surface area (Å²) in [6, 6.07) is 3.40. The summed E-state index contributed by atoms with van der Waals surface area (Å²) in [6.45, 7) is 7.54. The number of halogens is 3. The first kappa shape index (κ1) is 14.9. The van der Waals surface area contributed by atoms with Gasteiger partial charge in [0.2, 0.25) is 0 Å². The Morgan fingerprint density at radius 2 is 1.75 bits per heavy atom. The Bertz CT molecular complexity index is 664. The second-order valence-electron chi connectivity index (χ2n) is 5.69. The summed E-state index contributed by atoms with van der Waals surface area (Å²) < 4.78 is 26.9. The molecule has 0 spiro atoms. The number of benzene rings is 1. The Kier molecular flexibility index (Phi) is 3.78. The fourth-order valence-electron chi connectivity index (χ4n) is 1.77. The van der Waals surface area contributed by atoms with E-state index in [1.54, 1.807) is 6.92 Å². The Balaban J connectivity index is 2.70. The van der Waals surface area contributed by atoms with Gasteiger partial charge < -0.3 is 0 Å². The van der Waals surface area contributed by atoms with E-state index in [0.29, 0.717) is 17.1 Å². The first-order valence-electron chi connectivity index (χ1n) is 6.20. The van der Waals surface area contributed by atoms with E-state index >= 15 is 0 Å². The van der Waals surface area contributed by atoms with Gasteiger partial charge in [-0.1, -0.05) is 32.4 Å². The highest BCUT2D eigenvalue weighted by Crippen LogP contribution is 2.31. The van der Waals surface area contributed by atoms with Crippen molar-refractivity contribution in [3.8, 4) is 11.3 Å². The lowest BCUT2D eigenvalue weighted by molar-refractivity contribution is 0.544. The van der Waals surface area contributed by atoms with Crippen molar-refractivity contribution in [3.05, 3.63) is 46.4 Å². The van der Waals surface area contributed by atoms with Gasteiger partial charge in [0.15, 0.2) is 0 Å². The molecular weight excluding hydrogens is 282 g/mol. The number of rotatable bonds is 1. The molecule has 0 aliphatic carbocycles. The second-order valence-corrected chi connectivity index (χ2v) is 6.04. The molecule has 0 aliphatic rings. The van der Waals surface area contributed by atoms with Crippen LogP contribution in [0.3, 0.4) is 0 Å². The van der Waals surface area contributed by atoms with Crippen molar-refractivity contribution in [2.24, 2.45) is 0 Å². The van der Waals surface area contributed by atoms with Crippen molar-refractivity contribution in [1.29, 1.82) is 0 Å². The van der Waals surface area contributed by atoms with Gasteiger partial charge in [-0.2, -0.15) is 0 Å². The largest absolute Gasteiger partial charge is 0.232 e. The topological polar surface area (TPSA) is 25.8 Å². The Morgan fingerprint density at radius 1 is 1.10 bits per heavy atom. The van der Waals surface area contributed by atoms with Crippen molar-refractivity contribution in [1.82, 2.24) is 9.97 Å². The molecule has 0 bridgehead atoms. The average Bonchev–Trinajstić information content (AvgIpc) is 2.32. The summed E-state index contributed by atoms with van der Waals surface area (Å²) in [4.78, 5) is 8.64. The van der Waals surface area contributed by atoms with Crippen LogP contribution in [-0.4, -0.2) is 9.97 Å². The average molecular weight is 297 g/mol. The molecule has 1 aromatic heterocycles. The molecule has 0 fully saturated rings. The van der Waals surface area contributed by atoms with E-state index in [9.17, 15) is 8.78 Å². The molecule has 0 amide bonds.